The molecule has 0 aliphatic carbocycles. The van der Waals surface area contributed by atoms with Gasteiger partial charge < -0.3 is 15.2 Å². The Morgan fingerprint density at radius 2 is 2.14 bits per heavy atom. The number of rotatable bonds is 4. The lowest BCUT2D eigenvalue weighted by atomic mass is 9.87. The van der Waals surface area contributed by atoms with E-state index in [1.807, 2.05) is 6.92 Å². The van der Waals surface area contributed by atoms with Gasteiger partial charge in [0.2, 0.25) is 0 Å². The third-order valence-electron chi connectivity index (χ3n) is 2.62. The molecule has 4 heteroatoms. The third-order valence-corrected chi connectivity index (χ3v) is 2.62. The summed E-state index contributed by atoms with van der Waals surface area (Å²) in [7, 11) is 0. The molecular weight excluding hydrogens is 182 g/mol. The van der Waals surface area contributed by atoms with Crippen molar-refractivity contribution in [2.24, 2.45) is 5.73 Å². The van der Waals surface area contributed by atoms with Gasteiger partial charge in [0.1, 0.15) is 0 Å². The first-order chi connectivity index (χ1) is 6.66. The first-order valence-electron chi connectivity index (χ1n) is 5.18. The van der Waals surface area contributed by atoms with E-state index in [4.69, 9.17) is 15.2 Å². The number of nitrogens with two attached hydrogens (primary N) is 1. The van der Waals surface area contributed by atoms with Crippen molar-refractivity contribution in [1.29, 1.82) is 0 Å². The van der Waals surface area contributed by atoms with E-state index in [2.05, 4.69) is 0 Å². The predicted octanol–water partition coefficient (Wildman–Crippen LogP) is 0.838. The number of esters is 1. The molecule has 14 heavy (non-hydrogen) atoms. The topological polar surface area (TPSA) is 61.5 Å². The first-order valence-corrected chi connectivity index (χ1v) is 5.18. The van der Waals surface area contributed by atoms with Crippen LogP contribution in [0.2, 0.25) is 0 Å². The van der Waals surface area contributed by atoms with Crippen LogP contribution in [0.4, 0.5) is 0 Å². The maximum atomic E-state index is 11.1. The van der Waals surface area contributed by atoms with E-state index >= 15 is 0 Å². The predicted molar refractivity (Wildman–Crippen MR) is 52.8 cm³/mol. The van der Waals surface area contributed by atoms with Crippen LogP contribution in [-0.2, 0) is 14.3 Å². The molecule has 0 amide bonds. The van der Waals surface area contributed by atoms with Crippen LogP contribution in [0.1, 0.15) is 32.6 Å². The first kappa shape index (κ1) is 11.5. The molecule has 1 saturated heterocycles. The molecule has 0 spiro atoms. The van der Waals surface area contributed by atoms with Crippen molar-refractivity contribution in [3.63, 3.8) is 0 Å². The number of hydrogen-bond acceptors (Lipinski definition) is 4. The molecule has 1 aliphatic rings. The van der Waals surface area contributed by atoms with Crippen LogP contribution in [0.5, 0.6) is 0 Å². The Hall–Kier alpha value is -0.610. The zero-order valence-corrected chi connectivity index (χ0v) is 8.75. The SMILES string of the molecule is CCOC(=O)CCC1(N)CCOCC1. The molecule has 4 nitrogen and oxygen atoms in total. The van der Waals surface area contributed by atoms with Gasteiger partial charge in [-0.25, -0.2) is 0 Å². The van der Waals surface area contributed by atoms with Crippen LogP contribution < -0.4 is 5.73 Å². The molecule has 1 heterocycles. The average molecular weight is 201 g/mol. The molecule has 82 valence electrons. The Kier molecular flexibility index (Phi) is 4.35. The van der Waals surface area contributed by atoms with E-state index in [1.165, 1.54) is 0 Å². The molecular formula is C10H19NO3. The van der Waals surface area contributed by atoms with Gasteiger partial charge in [-0.1, -0.05) is 0 Å². The van der Waals surface area contributed by atoms with E-state index in [0.717, 1.165) is 12.8 Å². The average Bonchev–Trinajstić information content (AvgIpc) is 2.17. The van der Waals surface area contributed by atoms with Crippen LogP contribution in [0.25, 0.3) is 0 Å². The van der Waals surface area contributed by atoms with Gasteiger partial charge in [0, 0.05) is 25.2 Å². The van der Waals surface area contributed by atoms with Crippen LogP contribution >= 0.6 is 0 Å². The highest BCUT2D eigenvalue weighted by Crippen LogP contribution is 2.22. The Bertz CT molecular complexity index is 188. The molecule has 0 aromatic heterocycles. The largest absolute Gasteiger partial charge is 0.466 e. The summed E-state index contributed by atoms with van der Waals surface area (Å²) in [5.74, 6) is -0.149. The standard InChI is InChI=1S/C10H19NO3/c1-2-14-9(12)3-4-10(11)5-7-13-8-6-10/h2-8,11H2,1H3. The fourth-order valence-corrected chi connectivity index (χ4v) is 1.61. The molecule has 1 rings (SSSR count). The second-order valence-electron chi connectivity index (χ2n) is 3.78. The molecule has 0 unspecified atom stereocenters. The molecule has 0 aromatic carbocycles. The molecule has 1 fully saturated rings. The molecule has 0 bridgehead atoms. The quantitative estimate of drug-likeness (QED) is 0.685. The van der Waals surface area contributed by atoms with Gasteiger partial charge in [-0.2, -0.15) is 0 Å². The fraction of sp³-hybridized carbons (Fsp3) is 0.900. The summed E-state index contributed by atoms with van der Waals surface area (Å²) in [4.78, 5) is 11.1. The number of ether oxygens (including phenoxy) is 2. The third kappa shape index (κ3) is 3.64. The van der Waals surface area contributed by atoms with E-state index < -0.39 is 0 Å². The summed E-state index contributed by atoms with van der Waals surface area (Å²) in [6, 6.07) is 0. The molecule has 0 radical (unpaired) electrons. The van der Waals surface area contributed by atoms with Gasteiger partial charge in [0.05, 0.1) is 6.61 Å². The highest BCUT2D eigenvalue weighted by atomic mass is 16.5. The minimum atomic E-state index is -0.217. The summed E-state index contributed by atoms with van der Waals surface area (Å²) in [6.07, 6.45) is 2.80. The van der Waals surface area contributed by atoms with Gasteiger partial charge in [-0.05, 0) is 26.2 Å². The second kappa shape index (κ2) is 5.32. The minimum absolute atomic E-state index is 0.149. The molecule has 2 N–H and O–H groups in total. The van der Waals surface area contributed by atoms with Crippen molar-refractivity contribution in [3.05, 3.63) is 0 Å². The van der Waals surface area contributed by atoms with Gasteiger partial charge in [-0.15, -0.1) is 0 Å². The summed E-state index contributed by atoms with van der Waals surface area (Å²) >= 11 is 0. The van der Waals surface area contributed by atoms with Gasteiger partial charge >= 0.3 is 5.97 Å². The highest BCUT2D eigenvalue weighted by Gasteiger charge is 2.28. The van der Waals surface area contributed by atoms with Gasteiger partial charge in [0.15, 0.2) is 0 Å². The Balaban J connectivity index is 2.24. The normalized spacial score (nSPS) is 20.4. The van der Waals surface area contributed by atoms with Gasteiger partial charge in [-0.3, -0.25) is 4.79 Å². The maximum absolute atomic E-state index is 11.1. The number of hydrogen-bond donors (Lipinski definition) is 1. The second-order valence-corrected chi connectivity index (χ2v) is 3.78. The summed E-state index contributed by atoms with van der Waals surface area (Å²) in [6.45, 7) is 3.67. The van der Waals surface area contributed by atoms with Crippen LogP contribution in [0.3, 0.4) is 0 Å². The monoisotopic (exact) mass is 201 g/mol. The van der Waals surface area contributed by atoms with Crippen molar-refractivity contribution in [3.8, 4) is 0 Å². The van der Waals surface area contributed by atoms with E-state index in [9.17, 15) is 4.79 Å². The highest BCUT2D eigenvalue weighted by molar-refractivity contribution is 5.69. The van der Waals surface area contributed by atoms with Crippen LogP contribution in [-0.4, -0.2) is 31.3 Å². The summed E-state index contributed by atoms with van der Waals surface area (Å²) in [5.41, 5.74) is 5.90. The fourth-order valence-electron chi connectivity index (χ4n) is 1.61. The molecule has 0 atom stereocenters. The van der Waals surface area contributed by atoms with Crippen molar-refractivity contribution in [1.82, 2.24) is 0 Å². The van der Waals surface area contributed by atoms with Crippen LogP contribution in [0, 0.1) is 0 Å². The molecule has 0 aromatic rings. The van der Waals surface area contributed by atoms with E-state index in [-0.39, 0.29) is 11.5 Å². The van der Waals surface area contributed by atoms with E-state index in [1.54, 1.807) is 0 Å². The van der Waals surface area contributed by atoms with Gasteiger partial charge in [0.25, 0.3) is 0 Å². The molecule has 0 saturated carbocycles. The Morgan fingerprint density at radius 3 is 2.71 bits per heavy atom. The zero-order chi connectivity index (χ0) is 10.4. The zero-order valence-electron chi connectivity index (χ0n) is 8.75. The lowest BCUT2D eigenvalue weighted by Crippen LogP contribution is -2.45. The van der Waals surface area contributed by atoms with Crippen molar-refractivity contribution >= 4 is 5.97 Å². The number of carbonyl (C=O) groups is 1. The lowest BCUT2D eigenvalue weighted by molar-refractivity contribution is -0.143. The summed E-state index contributed by atoms with van der Waals surface area (Å²) in [5, 5.41) is 0. The Morgan fingerprint density at radius 1 is 1.50 bits per heavy atom. The number of carbonyl (C=O) groups excluding carboxylic acids is 1. The minimum Gasteiger partial charge on any atom is -0.466 e. The van der Waals surface area contributed by atoms with E-state index in [0.29, 0.717) is 32.7 Å². The molecule has 1 aliphatic heterocycles. The summed E-state index contributed by atoms with van der Waals surface area (Å²) < 4.78 is 10.1. The van der Waals surface area contributed by atoms with Crippen molar-refractivity contribution in [2.45, 2.75) is 38.1 Å². The van der Waals surface area contributed by atoms with Crippen LogP contribution in [0.15, 0.2) is 0 Å². The van der Waals surface area contributed by atoms with Crippen molar-refractivity contribution < 1.29 is 14.3 Å². The Labute approximate surface area is 84.7 Å². The lowest BCUT2D eigenvalue weighted by Gasteiger charge is -2.33. The maximum Gasteiger partial charge on any atom is 0.305 e. The van der Waals surface area contributed by atoms with Crippen molar-refractivity contribution in [2.75, 3.05) is 19.8 Å². The smallest absolute Gasteiger partial charge is 0.305 e.